The molecule has 2 aliphatic rings. The topological polar surface area (TPSA) is 109 Å². The molecule has 0 spiro atoms. The first-order chi connectivity index (χ1) is 16.9. The van der Waals surface area contributed by atoms with Crippen molar-refractivity contribution in [2.75, 3.05) is 0 Å². The summed E-state index contributed by atoms with van der Waals surface area (Å²) >= 11 is 0. The van der Waals surface area contributed by atoms with Crippen molar-refractivity contribution >= 4 is 22.7 Å². The van der Waals surface area contributed by atoms with E-state index >= 15 is 0 Å². The lowest BCUT2D eigenvalue weighted by Gasteiger charge is -2.34. The van der Waals surface area contributed by atoms with Gasteiger partial charge in [-0.2, -0.15) is 0 Å². The number of cyclic esters (lactones) is 1. The van der Waals surface area contributed by atoms with Crippen molar-refractivity contribution in [3.05, 3.63) is 42.1 Å². The second-order valence-electron chi connectivity index (χ2n) is 11.5. The molecule has 0 bridgehead atoms. The van der Waals surface area contributed by atoms with Crippen molar-refractivity contribution in [2.45, 2.75) is 96.7 Å². The highest BCUT2D eigenvalue weighted by molar-refractivity contribution is 5.88. The van der Waals surface area contributed by atoms with Crippen LogP contribution < -0.4 is 0 Å². The summed E-state index contributed by atoms with van der Waals surface area (Å²) in [5.74, 6) is -1.57. The van der Waals surface area contributed by atoms with E-state index in [1.165, 1.54) is 0 Å². The Morgan fingerprint density at radius 3 is 2.58 bits per heavy atom. The summed E-state index contributed by atoms with van der Waals surface area (Å²) in [7, 11) is 0. The molecule has 0 radical (unpaired) electrons. The number of nitrogens with zero attached hydrogens (tertiary/aromatic N) is 1. The fourth-order valence-electron chi connectivity index (χ4n) is 5.51. The van der Waals surface area contributed by atoms with Crippen LogP contribution in [0.1, 0.15) is 78.4 Å². The maximum atomic E-state index is 13.3. The van der Waals surface area contributed by atoms with E-state index in [2.05, 4.69) is 11.9 Å². The van der Waals surface area contributed by atoms with E-state index in [9.17, 15) is 19.8 Å². The van der Waals surface area contributed by atoms with E-state index in [0.29, 0.717) is 6.42 Å². The summed E-state index contributed by atoms with van der Waals surface area (Å²) in [6.07, 6.45) is 1.70. The van der Waals surface area contributed by atoms with Gasteiger partial charge in [0.05, 0.1) is 41.3 Å². The van der Waals surface area contributed by atoms with Gasteiger partial charge in [-0.3, -0.25) is 14.6 Å². The molecular formula is C29H39NO6. The summed E-state index contributed by atoms with van der Waals surface area (Å²) in [6, 6.07) is 9.64. The Morgan fingerprint density at radius 1 is 1.08 bits per heavy atom. The molecule has 2 aromatic rings. The number of ketones is 1. The smallest absolute Gasteiger partial charge is 0.309 e. The van der Waals surface area contributed by atoms with Crippen LogP contribution in [0.3, 0.4) is 0 Å². The van der Waals surface area contributed by atoms with Gasteiger partial charge < -0.3 is 19.7 Å². The lowest BCUT2D eigenvalue weighted by atomic mass is 9.73. The second kappa shape index (κ2) is 10.2. The third-order valence-corrected chi connectivity index (χ3v) is 8.41. The van der Waals surface area contributed by atoms with Crippen molar-refractivity contribution < 1.29 is 29.3 Å². The average Bonchev–Trinajstić information content (AvgIpc) is 3.49. The Bertz CT molecular complexity index is 1120. The molecule has 0 aliphatic carbocycles. The number of carbonyl (C=O) groups is 2. The first-order valence-electron chi connectivity index (χ1n) is 13.0. The largest absolute Gasteiger partial charge is 0.457 e. The van der Waals surface area contributed by atoms with Gasteiger partial charge in [-0.15, -0.1) is 0 Å². The van der Waals surface area contributed by atoms with Crippen LogP contribution in [0.2, 0.25) is 0 Å². The Balaban J connectivity index is 1.62. The number of rotatable bonds is 1. The maximum Gasteiger partial charge on any atom is 0.309 e. The summed E-state index contributed by atoms with van der Waals surface area (Å²) in [4.78, 5) is 30.7. The van der Waals surface area contributed by atoms with E-state index in [0.717, 1.165) is 35.7 Å². The van der Waals surface area contributed by atoms with Crippen molar-refractivity contribution in [1.29, 1.82) is 0 Å². The van der Waals surface area contributed by atoms with Crippen LogP contribution in [-0.4, -0.2) is 50.9 Å². The van der Waals surface area contributed by atoms with Crippen LogP contribution >= 0.6 is 0 Å². The van der Waals surface area contributed by atoms with Crippen LogP contribution in [0, 0.1) is 17.3 Å². The molecule has 0 amide bonds. The molecule has 2 N–H and O–H groups in total. The molecule has 7 heteroatoms. The molecule has 7 nitrogen and oxygen atoms in total. The number of hydrogen-bond donors (Lipinski definition) is 2. The van der Waals surface area contributed by atoms with Crippen LogP contribution in [0.15, 0.2) is 36.5 Å². The van der Waals surface area contributed by atoms with Crippen molar-refractivity contribution in [2.24, 2.45) is 17.3 Å². The third kappa shape index (κ3) is 5.48. The van der Waals surface area contributed by atoms with Crippen molar-refractivity contribution in [1.82, 2.24) is 4.98 Å². The molecule has 1 aromatic heterocycles. The zero-order valence-corrected chi connectivity index (χ0v) is 21.9. The highest BCUT2D eigenvalue weighted by Gasteiger charge is 2.53. The van der Waals surface area contributed by atoms with Gasteiger partial charge in [-0.25, -0.2) is 0 Å². The number of aromatic nitrogens is 1. The number of aliphatic hydroxyl groups excluding tert-OH is 2. The number of esters is 1. The van der Waals surface area contributed by atoms with Crippen molar-refractivity contribution in [3.8, 4) is 0 Å². The minimum atomic E-state index is -1.24. The van der Waals surface area contributed by atoms with Crippen LogP contribution in [0.25, 0.3) is 10.9 Å². The molecule has 3 heterocycles. The number of epoxide rings is 1. The predicted octanol–water partition coefficient (Wildman–Crippen LogP) is 4.53. The Labute approximate surface area is 213 Å². The highest BCUT2D eigenvalue weighted by atomic mass is 16.6. The predicted molar refractivity (Wildman–Crippen MR) is 136 cm³/mol. The zero-order valence-electron chi connectivity index (χ0n) is 21.9. The first-order valence-corrected chi connectivity index (χ1v) is 13.0. The van der Waals surface area contributed by atoms with Gasteiger partial charge >= 0.3 is 5.97 Å². The number of benzene rings is 1. The fraction of sp³-hybridized carbons (Fsp3) is 0.621. The van der Waals surface area contributed by atoms with Crippen LogP contribution in [-0.2, 0) is 19.1 Å². The number of fused-ring (bicyclic) bond motifs is 2. The molecule has 196 valence electrons. The van der Waals surface area contributed by atoms with E-state index in [1.54, 1.807) is 27.0 Å². The SMILES string of the molecule is CC1CCC[C@@]2(C)O[C@H]2C[C@@H](c2ccc3ncccc3c2)OC(=O)CC(O)C(C)(C)C(=O)C(C)[C@H]1O. The van der Waals surface area contributed by atoms with E-state index in [-0.39, 0.29) is 29.8 Å². The molecule has 7 atom stereocenters. The van der Waals surface area contributed by atoms with Gasteiger partial charge in [-0.05, 0) is 49.4 Å². The average molecular weight is 498 g/mol. The minimum absolute atomic E-state index is 0.0603. The molecule has 1 aromatic carbocycles. The van der Waals surface area contributed by atoms with Gasteiger partial charge in [0.15, 0.2) is 0 Å². The molecule has 2 fully saturated rings. The molecule has 2 aliphatic heterocycles. The number of pyridine rings is 1. The molecule has 0 saturated carbocycles. The van der Waals surface area contributed by atoms with E-state index < -0.39 is 35.6 Å². The zero-order chi connectivity index (χ0) is 26.3. The quantitative estimate of drug-likeness (QED) is 0.440. The number of hydrogen-bond acceptors (Lipinski definition) is 7. The number of Topliss-reactive ketones (excluding diaryl/α,β-unsaturated/α-hetero) is 1. The van der Waals surface area contributed by atoms with Gasteiger partial charge in [0.1, 0.15) is 11.9 Å². The van der Waals surface area contributed by atoms with Gasteiger partial charge in [-0.1, -0.05) is 46.2 Å². The minimum Gasteiger partial charge on any atom is -0.457 e. The maximum absolute atomic E-state index is 13.3. The summed E-state index contributed by atoms with van der Waals surface area (Å²) < 4.78 is 12.0. The molecule has 2 saturated heterocycles. The first kappa shape index (κ1) is 26.7. The number of carbonyl (C=O) groups excluding carboxylic acids is 2. The molecule has 3 unspecified atom stereocenters. The van der Waals surface area contributed by atoms with Crippen molar-refractivity contribution in [3.63, 3.8) is 0 Å². The Hall–Kier alpha value is -2.35. The van der Waals surface area contributed by atoms with Gasteiger partial charge in [0, 0.05) is 23.9 Å². The van der Waals surface area contributed by atoms with Crippen LogP contribution in [0.4, 0.5) is 0 Å². The number of aliphatic hydroxyl groups is 2. The summed E-state index contributed by atoms with van der Waals surface area (Å²) in [6.45, 7) is 8.98. The van der Waals surface area contributed by atoms with E-state index in [4.69, 9.17) is 9.47 Å². The molecular weight excluding hydrogens is 458 g/mol. The van der Waals surface area contributed by atoms with E-state index in [1.807, 2.05) is 37.3 Å². The third-order valence-electron chi connectivity index (χ3n) is 8.41. The summed E-state index contributed by atoms with van der Waals surface area (Å²) in [5.41, 5.74) is 0.180. The Morgan fingerprint density at radius 2 is 1.83 bits per heavy atom. The standard InChI is InChI=1S/C29H39NO6/c1-17-8-6-12-29(5)24(36-29)15-22(20-10-11-21-19(14-20)9-7-13-30-21)35-25(32)16-23(31)28(3,4)27(34)18(2)26(17)33/h7,9-11,13-14,17-18,22-24,26,31,33H,6,8,12,15-16H2,1-5H3/t17?,18?,22-,23?,24-,26-,29+/m0/s1. The van der Waals surface area contributed by atoms with Gasteiger partial charge in [0.25, 0.3) is 0 Å². The fourth-order valence-corrected chi connectivity index (χ4v) is 5.51. The lowest BCUT2D eigenvalue weighted by Crippen LogP contribution is -2.45. The van der Waals surface area contributed by atoms with Crippen LogP contribution in [0.5, 0.6) is 0 Å². The second-order valence-corrected chi connectivity index (χ2v) is 11.5. The van der Waals surface area contributed by atoms with Gasteiger partial charge in [0.2, 0.25) is 0 Å². The number of ether oxygens (including phenoxy) is 2. The molecule has 4 rings (SSSR count). The summed E-state index contributed by atoms with van der Waals surface area (Å²) in [5, 5.41) is 22.7. The molecule has 36 heavy (non-hydrogen) atoms. The highest BCUT2D eigenvalue weighted by Crippen LogP contribution is 2.46. The Kier molecular flexibility index (Phi) is 7.56. The normalized spacial score (nSPS) is 36.2. The monoisotopic (exact) mass is 497 g/mol. The lowest BCUT2D eigenvalue weighted by molar-refractivity contribution is -0.156.